The normalized spacial score (nSPS) is 16.5. The van der Waals surface area contributed by atoms with Crippen LogP contribution in [0.5, 0.6) is 0 Å². The van der Waals surface area contributed by atoms with Crippen molar-refractivity contribution in [3.8, 4) is 6.07 Å². The van der Waals surface area contributed by atoms with Crippen LogP contribution in [-0.2, 0) is 10.2 Å². The maximum Gasteiger partial charge on any atom is 0.407 e. The van der Waals surface area contributed by atoms with Gasteiger partial charge in [0.05, 0.1) is 17.5 Å². The molecule has 0 bridgehead atoms. The molecule has 2 aromatic rings. The van der Waals surface area contributed by atoms with E-state index in [2.05, 4.69) is 35.3 Å². The second kappa shape index (κ2) is 17.8. The van der Waals surface area contributed by atoms with Crippen molar-refractivity contribution in [2.24, 2.45) is 0 Å². The summed E-state index contributed by atoms with van der Waals surface area (Å²) in [6.45, 7) is 6.65. The summed E-state index contributed by atoms with van der Waals surface area (Å²) in [6.07, 6.45) is 14.9. The largest absolute Gasteiger partial charge is 0.445 e. The van der Waals surface area contributed by atoms with Gasteiger partial charge in [0.25, 0.3) is 0 Å². The first kappa shape index (κ1) is 31.7. The Hall–Kier alpha value is -2.84. The van der Waals surface area contributed by atoms with Gasteiger partial charge in [-0.1, -0.05) is 125 Å². The maximum absolute atomic E-state index is 12.9. The lowest BCUT2D eigenvalue weighted by molar-refractivity contribution is 0.0517. The Labute approximate surface area is 243 Å². The monoisotopic (exact) mass is 545 g/mol. The Bertz CT molecular complexity index is 996. The molecule has 2 unspecified atom stereocenters. The van der Waals surface area contributed by atoms with Crippen LogP contribution in [0.15, 0.2) is 60.7 Å². The Kier molecular flexibility index (Phi) is 14.1. The highest BCUT2D eigenvalue weighted by atomic mass is 16.6. The van der Waals surface area contributed by atoms with E-state index in [1.165, 1.54) is 57.8 Å². The van der Waals surface area contributed by atoms with Crippen LogP contribution in [0.4, 0.5) is 4.79 Å². The number of amides is 1. The van der Waals surface area contributed by atoms with Crippen molar-refractivity contribution in [2.75, 3.05) is 19.6 Å². The highest BCUT2D eigenvalue weighted by Crippen LogP contribution is 2.35. The number of nitrogens with zero attached hydrogens (tertiary/aromatic N) is 2. The number of hydrogen-bond donors (Lipinski definition) is 1. The first-order valence-corrected chi connectivity index (χ1v) is 15.8. The lowest BCUT2D eigenvalue weighted by Gasteiger charge is -2.38. The number of ether oxygens (including phenoxy) is 1. The molecule has 1 aliphatic heterocycles. The van der Waals surface area contributed by atoms with E-state index in [4.69, 9.17) is 4.74 Å². The van der Waals surface area contributed by atoms with Crippen LogP contribution in [-0.4, -0.2) is 36.7 Å². The number of piperidine rings is 1. The molecule has 3 rings (SSSR count). The maximum atomic E-state index is 12.9. The number of carbonyl (C=O) groups is 1. The third-order valence-electron chi connectivity index (χ3n) is 8.50. The van der Waals surface area contributed by atoms with Gasteiger partial charge in [-0.3, -0.25) is 4.90 Å². The summed E-state index contributed by atoms with van der Waals surface area (Å²) in [5.74, 6) is 0. The molecule has 1 aliphatic rings. The van der Waals surface area contributed by atoms with E-state index in [1.807, 2.05) is 55.5 Å². The van der Waals surface area contributed by atoms with Gasteiger partial charge in [-0.15, -0.1) is 0 Å². The van der Waals surface area contributed by atoms with E-state index in [1.54, 1.807) is 0 Å². The summed E-state index contributed by atoms with van der Waals surface area (Å²) in [4.78, 5) is 15.3. The van der Waals surface area contributed by atoms with Gasteiger partial charge in [0, 0.05) is 19.6 Å². The van der Waals surface area contributed by atoms with E-state index >= 15 is 0 Å². The highest BCUT2D eigenvalue weighted by molar-refractivity contribution is 5.68. The summed E-state index contributed by atoms with van der Waals surface area (Å²) in [5, 5.41) is 13.1. The first-order chi connectivity index (χ1) is 19.6. The molecule has 1 amide bonds. The van der Waals surface area contributed by atoms with Crippen molar-refractivity contribution in [2.45, 2.75) is 115 Å². The van der Waals surface area contributed by atoms with Crippen LogP contribution < -0.4 is 5.32 Å². The Morgan fingerprint density at radius 3 is 2.02 bits per heavy atom. The number of nitrogens with one attached hydrogen (secondary N) is 1. The summed E-state index contributed by atoms with van der Waals surface area (Å²) in [5.41, 5.74) is 1.76. The Morgan fingerprint density at radius 1 is 0.900 bits per heavy atom. The molecule has 2 atom stereocenters. The Morgan fingerprint density at radius 2 is 1.45 bits per heavy atom. The third-order valence-corrected chi connectivity index (χ3v) is 8.50. The molecule has 218 valence electrons. The molecule has 5 heteroatoms. The highest BCUT2D eigenvalue weighted by Gasteiger charge is 2.37. The topological polar surface area (TPSA) is 65.4 Å². The van der Waals surface area contributed by atoms with Crippen molar-refractivity contribution in [3.05, 3.63) is 71.8 Å². The molecule has 0 aromatic heterocycles. The number of benzene rings is 2. The van der Waals surface area contributed by atoms with Gasteiger partial charge in [0.1, 0.15) is 6.10 Å². The fourth-order valence-corrected chi connectivity index (χ4v) is 5.86. The average Bonchev–Trinajstić information content (AvgIpc) is 2.99. The average molecular weight is 546 g/mol. The van der Waals surface area contributed by atoms with E-state index in [0.717, 1.165) is 56.4 Å². The fraction of sp³-hybridized carbons (Fsp3) is 0.600. The van der Waals surface area contributed by atoms with Crippen molar-refractivity contribution in [1.29, 1.82) is 5.26 Å². The zero-order valence-electron chi connectivity index (χ0n) is 25.0. The van der Waals surface area contributed by atoms with Gasteiger partial charge >= 0.3 is 6.09 Å². The predicted octanol–water partition coefficient (Wildman–Crippen LogP) is 8.71. The molecule has 0 aliphatic carbocycles. The minimum atomic E-state index is -0.423. The molecular weight excluding hydrogens is 494 g/mol. The Balaban J connectivity index is 1.49. The van der Waals surface area contributed by atoms with Gasteiger partial charge in [-0.2, -0.15) is 5.26 Å². The number of carbonyl (C=O) groups excluding carboxylic acids is 1. The minimum Gasteiger partial charge on any atom is -0.445 e. The molecule has 1 heterocycles. The number of nitriles is 1. The van der Waals surface area contributed by atoms with E-state index in [9.17, 15) is 10.1 Å². The van der Waals surface area contributed by atoms with Crippen LogP contribution in [0.2, 0.25) is 0 Å². The molecule has 1 fully saturated rings. The third kappa shape index (κ3) is 10.6. The van der Waals surface area contributed by atoms with Crippen LogP contribution >= 0.6 is 0 Å². The quantitative estimate of drug-likeness (QED) is 0.202. The van der Waals surface area contributed by atoms with E-state index < -0.39 is 5.41 Å². The number of hydrogen-bond acceptors (Lipinski definition) is 4. The number of unbranched alkanes of at least 4 members (excludes halogenated alkanes) is 9. The van der Waals surface area contributed by atoms with Gasteiger partial charge in [0.2, 0.25) is 0 Å². The summed E-state index contributed by atoms with van der Waals surface area (Å²) in [7, 11) is 0. The number of likely N-dealkylation sites (tertiary alicyclic amines) is 1. The van der Waals surface area contributed by atoms with Gasteiger partial charge in [0.15, 0.2) is 0 Å². The first-order valence-electron chi connectivity index (χ1n) is 15.8. The molecule has 0 spiro atoms. The van der Waals surface area contributed by atoms with Crippen LogP contribution in [0.25, 0.3) is 0 Å². The summed E-state index contributed by atoms with van der Waals surface area (Å²) in [6, 6.07) is 22.7. The number of alkyl carbamates (subject to hydrolysis) is 1. The lowest BCUT2D eigenvalue weighted by atomic mass is 9.74. The van der Waals surface area contributed by atoms with Gasteiger partial charge in [-0.05, 0) is 43.7 Å². The SMILES string of the molecule is CCCCCCCCCCCCC(CN1CCC(C#N)(c2ccccc2)CC1)OC(=O)NC(C)c1ccccc1. The molecular formula is C35H51N3O2. The summed E-state index contributed by atoms with van der Waals surface area (Å²) >= 11 is 0. The summed E-state index contributed by atoms with van der Waals surface area (Å²) < 4.78 is 6.03. The van der Waals surface area contributed by atoms with Crippen molar-refractivity contribution < 1.29 is 9.53 Å². The van der Waals surface area contributed by atoms with Crippen LogP contribution in [0.1, 0.15) is 114 Å². The fourth-order valence-electron chi connectivity index (χ4n) is 5.86. The lowest BCUT2D eigenvalue weighted by Crippen LogP contribution is -2.46. The zero-order valence-corrected chi connectivity index (χ0v) is 25.0. The molecule has 40 heavy (non-hydrogen) atoms. The van der Waals surface area contributed by atoms with Crippen LogP contribution in [0.3, 0.4) is 0 Å². The molecule has 0 radical (unpaired) electrons. The van der Waals surface area contributed by atoms with Crippen molar-refractivity contribution in [1.82, 2.24) is 10.2 Å². The molecule has 0 saturated carbocycles. The predicted molar refractivity (Wildman–Crippen MR) is 164 cm³/mol. The molecule has 1 saturated heterocycles. The van der Waals surface area contributed by atoms with E-state index in [0.29, 0.717) is 0 Å². The molecule has 2 aromatic carbocycles. The molecule has 5 nitrogen and oxygen atoms in total. The number of rotatable bonds is 17. The second-order valence-electron chi connectivity index (χ2n) is 11.6. The van der Waals surface area contributed by atoms with Crippen LogP contribution in [0, 0.1) is 11.3 Å². The van der Waals surface area contributed by atoms with Crippen molar-refractivity contribution in [3.63, 3.8) is 0 Å². The van der Waals surface area contributed by atoms with Crippen molar-refractivity contribution >= 4 is 6.09 Å². The standard InChI is InChI=1S/C35H51N3O2/c1-3-4-5-6-7-8-9-10-11-18-23-33(40-34(39)37-30(2)31-19-14-12-15-20-31)28-38-26-24-35(29-36,25-27-38)32-21-16-13-17-22-32/h12-17,19-22,30,33H,3-11,18,23-28H2,1-2H3,(H,37,39). The van der Waals surface area contributed by atoms with Gasteiger partial charge in [-0.25, -0.2) is 4.79 Å². The minimum absolute atomic E-state index is 0.108. The van der Waals surface area contributed by atoms with Gasteiger partial charge < -0.3 is 10.1 Å². The van der Waals surface area contributed by atoms with E-state index in [-0.39, 0.29) is 18.2 Å². The second-order valence-corrected chi connectivity index (χ2v) is 11.6. The molecule has 1 N–H and O–H groups in total. The zero-order chi connectivity index (χ0) is 28.5. The smallest absolute Gasteiger partial charge is 0.407 e.